The third kappa shape index (κ3) is 3.38. The molecule has 1 aromatic carbocycles. The van der Waals surface area contributed by atoms with Crippen LogP contribution in [-0.4, -0.2) is 22.9 Å². The van der Waals surface area contributed by atoms with E-state index in [2.05, 4.69) is 0 Å². The molecule has 114 valence electrons. The Morgan fingerprint density at radius 1 is 1.29 bits per heavy atom. The first-order valence-corrected chi connectivity index (χ1v) is 7.30. The summed E-state index contributed by atoms with van der Waals surface area (Å²) in [4.78, 5) is 12.5. The minimum Gasteiger partial charge on any atom is -0.478 e. The molecule has 0 radical (unpaired) electrons. The summed E-state index contributed by atoms with van der Waals surface area (Å²) in [6.45, 7) is 10.2. The van der Waals surface area contributed by atoms with Gasteiger partial charge in [-0.15, -0.1) is 0 Å². The topological polar surface area (TPSA) is 40.5 Å². The van der Waals surface area contributed by atoms with Gasteiger partial charge in [-0.05, 0) is 39.7 Å². The van der Waals surface area contributed by atoms with E-state index >= 15 is 0 Å². The summed E-state index contributed by atoms with van der Waals surface area (Å²) in [5.41, 5.74) is 1.32. The van der Waals surface area contributed by atoms with Crippen molar-refractivity contribution in [3.05, 3.63) is 29.8 Å². The molecule has 2 rings (SSSR count). The third-order valence-electron chi connectivity index (χ3n) is 3.02. The normalized spacial score (nSPS) is 11.7. The van der Waals surface area contributed by atoms with Crippen LogP contribution >= 0.6 is 0 Å². The summed E-state index contributed by atoms with van der Waals surface area (Å²) in [6, 6.07) is 7.82. The lowest BCUT2D eigenvalue weighted by Crippen LogP contribution is -2.27. The van der Waals surface area contributed by atoms with Crippen molar-refractivity contribution >= 4 is 17.0 Å². The Bertz CT molecular complexity index is 650. The third-order valence-corrected chi connectivity index (χ3v) is 3.02. The minimum atomic E-state index is -0.543. The number of aromatic nitrogens is 1. The van der Waals surface area contributed by atoms with E-state index in [4.69, 9.17) is 9.47 Å². The van der Waals surface area contributed by atoms with E-state index in [1.807, 2.05) is 58.9 Å². The second-order valence-electron chi connectivity index (χ2n) is 6.16. The lowest BCUT2D eigenvalue weighted by atomic mass is 10.2. The number of fused-ring (bicyclic) bond motifs is 1. The molecule has 0 saturated heterocycles. The van der Waals surface area contributed by atoms with Crippen LogP contribution in [0.2, 0.25) is 0 Å². The largest absolute Gasteiger partial charge is 0.478 e. The Balaban J connectivity index is 2.54. The van der Waals surface area contributed by atoms with Crippen LogP contribution in [0.25, 0.3) is 10.9 Å². The van der Waals surface area contributed by atoms with E-state index in [1.54, 1.807) is 0 Å². The van der Waals surface area contributed by atoms with Gasteiger partial charge in [0.15, 0.2) is 0 Å². The number of hydrogen-bond acceptors (Lipinski definition) is 3. The van der Waals surface area contributed by atoms with Crippen molar-refractivity contribution in [2.24, 2.45) is 0 Å². The Morgan fingerprint density at radius 2 is 2.00 bits per heavy atom. The zero-order valence-corrected chi connectivity index (χ0v) is 13.4. The van der Waals surface area contributed by atoms with Gasteiger partial charge >= 0.3 is 6.09 Å². The van der Waals surface area contributed by atoms with Crippen LogP contribution in [0.4, 0.5) is 4.79 Å². The molecule has 1 heterocycles. The fourth-order valence-corrected chi connectivity index (χ4v) is 2.21. The van der Waals surface area contributed by atoms with Crippen LogP contribution < -0.4 is 4.74 Å². The molecule has 0 aliphatic carbocycles. The van der Waals surface area contributed by atoms with Crippen LogP contribution in [0.5, 0.6) is 5.88 Å². The quantitative estimate of drug-likeness (QED) is 0.834. The van der Waals surface area contributed by atoms with Crippen molar-refractivity contribution in [3.8, 4) is 5.88 Å². The molecule has 0 N–H and O–H groups in total. The van der Waals surface area contributed by atoms with Gasteiger partial charge in [-0.1, -0.05) is 25.1 Å². The van der Waals surface area contributed by atoms with Crippen molar-refractivity contribution in [1.29, 1.82) is 0 Å². The Morgan fingerprint density at radius 3 is 2.62 bits per heavy atom. The van der Waals surface area contributed by atoms with Crippen molar-refractivity contribution in [1.82, 2.24) is 4.57 Å². The highest BCUT2D eigenvalue weighted by Crippen LogP contribution is 2.29. The Labute approximate surface area is 125 Å². The number of aryl methyl sites for hydroxylation is 1. The fraction of sp³-hybridized carbons (Fsp3) is 0.471. The molecule has 0 aliphatic heterocycles. The second-order valence-corrected chi connectivity index (χ2v) is 6.16. The second kappa shape index (κ2) is 5.80. The molecule has 4 heteroatoms. The summed E-state index contributed by atoms with van der Waals surface area (Å²) < 4.78 is 12.8. The van der Waals surface area contributed by atoms with Crippen LogP contribution in [0.1, 0.15) is 39.7 Å². The van der Waals surface area contributed by atoms with Gasteiger partial charge in [0.2, 0.25) is 5.88 Å². The van der Waals surface area contributed by atoms with Gasteiger partial charge in [-0.2, -0.15) is 0 Å². The van der Waals surface area contributed by atoms with Gasteiger partial charge in [0.05, 0.1) is 12.1 Å². The minimum absolute atomic E-state index is 0.405. The molecule has 0 spiro atoms. The monoisotopic (exact) mass is 289 g/mol. The number of carbonyl (C=O) groups excluding carboxylic acids is 1. The molecule has 2 aromatic rings. The molecule has 0 unspecified atom stereocenters. The van der Waals surface area contributed by atoms with E-state index in [9.17, 15) is 4.79 Å². The number of nitrogens with zero attached hydrogens (tertiary/aromatic N) is 1. The number of para-hydroxylation sites is 1. The van der Waals surface area contributed by atoms with Crippen molar-refractivity contribution in [3.63, 3.8) is 0 Å². The molecule has 0 amide bonds. The molecule has 0 fully saturated rings. The Kier molecular flexibility index (Phi) is 4.26. The van der Waals surface area contributed by atoms with Crippen LogP contribution in [0.3, 0.4) is 0 Å². The number of rotatable bonds is 3. The summed E-state index contributed by atoms with van der Waals surface area (Å²) >= 11 is 0. The van der Waals surface area contributed by atoms with Gasteiger partial charge in [0.25, 0.3) is 0 Å². The number of ether oxygens (including phenoxy) is 2. The van der Waals surface area contributed by atoms with E-state index in [-0.39, 0.29) is 0 Å². The van der Waals surface area contributed by atoms with E-state index in [1.165, 1.54) is 4.57 Å². The molecule has 21 heavy (non-hydrogen) atoms. The molecular weight excluding hydrogens is 266 g/mol. The maximum Gasteiger partial charge on any atom is 0.421 e. The summed E-state index contributed by atoms with van der Waals surface area (Å²) in [6.07, 6.45) is 0.479. The average Bonchev–Trinajstić information content (AvgIpc) is 2.74. The summed E-state index contributed by atoms with van der Waals surface area (Å²) in [7, 11) is 0. The number of hydrogen-bond donors (Lipinski definition) is 0. The SMILES string of the molecule is CCCOc1cc2cccc(C)c2n1C(=O)OC(C)(C)C. The first-order valence-electron chi connectivity index (χ1n) is 7.30. The van der Waals surface area contributed by atoms with Crippen LogP contribution in [0.15, 0.2) is 24.3 Å². The zero-order chi connectivity index (χ0) is 15.6. The maximum atomic E-state index is 12.5. The molecule has 1 aromatic heterocycles. The highest BCUT2D eigenvalue weighted by Gasteiger charge is 2.23. The average molecular weight is 289 g/mol. The number of benzene rings is 1. The predicted octanol–water partition coefficient (Wildman–Crippen LogP) is 4.52. The molecule has 0 atom stereocenters. The molecule has 0 saturated carbocycles. The summed E-state index contributed by atoms with van der Waals surface area (Å²) in [5, 5.41) is 0.979. The summed E-state index contributed by atoms with van der Waals surface area (Å²) in [5.74, 6) is 0.537. The van der Waals surface area contributed by atoms with Gasteiger partial charge < -0.3 is 9.47 Å². The lowest BCUT2D eigenvalue weighted by Gasteiger charge is -2.21. The zero-order valence-electron chi connectivity index (χ0n) is 13.4. The first-order chi connectivity index (χ1) is 9.83. The van der Waals surface area contributed by atoms with E-state index < -0.39 is 11.7 Å². The molecule has 0 bridgehead atoms. The lowest BCUT2D eigenvalue weighted by molar-refractivity contribution is 0.0529. The van der Waals surface area contributed by atoms with Crippen molar-refractivity contribution in [2.45, 2.75) is 46.6 Å². The number of carbonyl (C=O) groups is 1. The predicted molar refractivity (Wildman–Crippen MR) is 84.1 cm³/mol. The van der Waals surface area contributed by atoms with Crippen molar-refractivity contribution in [2.75, 3.05) is 6.61 Å². The van der Waals surface area contributed by atoms with E-state index in [0.29, 0.717) is 12.5 Å². The standard InChI is InChI=1S/C17H23NO3/c1-6-10-20-14-11-13-9-7-8-12(2)15(13)18(14)16(19)21-17(3,4)5/h7-9,11H,6,10H2,1-5H3. The van der Waals surface area contributed by atoms with Gasteiger partial charge in [-0.25, -0.2) is 9.36 Å². The smallest absolute Gasteiger partial charge is 0.421 e. The fourth-order valence-electron chi connectivity index (χ4n) is 2.21. The first kappa shape index (κ1) is 15.4. The van der Waals surface area contributed by atoms with Gasteiger partial charge in [0.1, 0.15) is 5.60 Å². The molecular formula is C17H23NO3. The van der Waals surface area contributed by atoms with E-state index in [0.717, 1.165) is 22.9 Å². The highest BCUT2D eigenvalue weighted by atomic mass is 16.6. The Hall–Kier alpha value is -1.97. The van der Waals surface area contributed by atoms with Crippen molar-refractivity contribution < 1.29 is 14.3 Å². The van der Waals surface area contributed by atoms with Gasteiger partial charge in [0, 0.05) is 11.5 Å². The molecule has 4 nitrogen and oxygen atoms in total. The highest BCUT2D eigenvalue weighted by molar-refractivity contribution is 5.94. The van der Waals surface area contributed by atoms with Gasteiger partial charge in [-0.3, -0.25) is 0 Å². The molecule has 0 aliphatic rings. The maximum absolute atomic E-state index is 12.5. The van der Waals surface area contributed by atoms with Crippen LogP contribution in [0, 0.1) is 6.92 Å². The van der Waals surface area contributed by atoms with Crippen LogP contribution in [-0.2, 0) is 4.74 Å².